The second-order valence-electron chi connectivity index (χ2n) is 7.59. The summed E-state index contributed by atoms with van der Waals surface area (Å²) in [5, 5.41) is 7.87. The van der Waals surface area contributed by atoms with Crippen LogP contribution in [-0.4, -0.2) is 37.6 Å². The first-order chi connectivity index (χ1) is 16.2. The van der Waals surface area contributed by atoms with Gasteiger partial charge in [0.25, 0.3) is 5.56 Å². The zero-order valence-corrected chi connectivity index (χ0v) is 17.8. The predicted octanol–water partition coefficient (Wildman–Crippen LogP) is 4.07. The Hall–Kier alpha value is -4.41. The Morgan fingerprint density at radius 3 is 2.53 bits per heavy atom. The van der Waals surface area contributed by atoms with Crippen LogP contribution in [0.25, 0.3) is 38.9 Å². The number of nitrogens with one attached hydrogen (secondary N) is 1. The molecule has 0 bridgehead atoms. The van der Waals surface area contributed by atoms with Crippen molar-refractivity contribution in [2.24, 2.45) is 7.05 Å². The van der Waals surface area contributed by atoms with Crippen molar-refractivity contribution in [2.75, 3.05) is 7.11 Å². The van der Waals surface area contributed by atoms with Gasteiger partial charge in [0.1, 0.15) is 0 Å². The number of alkyl halides is 3. The number of halogens is 3. The lowest BCUT2D eigenvalue weighted by molar-refractivity contribution is -0.137. The first-order valence-corrected chi connectivity index (χ1v) is 10.0. The van der Waals surface area contributed by atoms with Crippen molar-refractivity contribution in [3.8, 4) is 16.9 Å². The number of aromatic amines is 1. The van der Waals surface area contributed by atoms with Gasteiger partial charge in [-0.2, -0.15) is 18.3 Å². The normalized spacial score (nSPS) is 11.9. The Morgan fingerprint density at radius 1 is 1.12 bits per heavy atom. The first-order valence-electron chi connectivity index (χ1n) is 10.0. The number of esters is 1. The number of hydrogen-bond donors (Lipinski definition) is 1. The minimum atomic E-state index is -4.55. The van der Waals surface area contributed by atoms with E-state index in [4.69, 9.17) is 0 Å². The van der Waals surface area contributed by atoms with E-state index in [0.29, 0.717) is 27.8 Å². The van der Waals surface area contributed by atoms with E-state index in [1.807, 2.05) is 0 Å². The number of nitrogens with zero attached hydrogens (tertiary/aromatic N) is 4. The van der Waals surface area contributed by atoms with Gasteiger partial charge in [0.05, 0.1) is 52.1 Å². The van der Waals surface area contributed by atoms with Gasteiger partial charge >= 0.3 is 12.1 Å². The summed E-state index contributed by atoms with van der Waals surface area (Å²) in [5.74, 6) is -0.524. The highest BCUT2D eigenvalue weighted by Gasteiger charge is 2.31. The molecule has 11 heteroatoms. The van der Waals surface area contributed by atoms with Gasteiger partial charge in [-0.3, -0.25) is 14.6 Å². The Labute approximate surface area is 189 Å². The molecule has 3 heterocycles. The highest BCUT2D eigenvalue weighted by atomic mass is 19.4. The zero-order valence-electron chi connectivity index (χ0n) is 17.8. The van der Waals surface area contributed by atoms with Crippen molar-refractivity contribution >= 4 is 27.9 Å². The summed E-state index contributed by atoms with van der Waals surface area (Å²) in [5.41, 5.74) is 0.389. The SMILES string of the molecule is COC(=O)c1ccc(-n2[nH]c3c(c(-c4cccc(C(F)(F)F)c4)nc4c3cnn4C)c2=O)cc1. The van der Waals surface area contributed by atoms with Crippen molar-refractivity contribution in [1.82, 2.24) is 24.5 Å². The van der Waals surface area contributed by atoms with Crippen LogP contribution in [0.5, 0.6) is 0 Å². The molecule has 8 nitrogen and oxygen atoms in total. The molecule has 0 unspecified atom stereocenters. The van der Waals surface area contributed by atoms with Gasteiger partial charge in [0.15, 0.2) is 5.65 Å². The second-order valence-corrected chi connectivity index (χ2v) is 7.59. The Kier molecular flexibility index (Phi) is 4.78. The van der Waals surface area contributed by atoms with E-state index < -0.39 is 23.3 Å². The molecule has 2 aromatic carbocycles. The van der Waals surface area contributed by atoms with Crippen molar-refractivity contribution < 1.29 is 22.7 Å². The van der Waals surface area contributed by atoms with E-state index in [2.05, 4.69) is 19.9 Å². The fourth-order valence-electron chi connectivity index (χ4n) is 3.85. The highest BCUT2D eigenvalue weighted by Crippen LogP contribution is 2.34. The minimum Gasteiger partial charge on any atom is -0.465 e. The van der Waals surface area contributed by atoms with E-state index in [1.165, 1.54) is 46.9 Å². The fraction of sp³-hybridized carbons (Fsp3) is 0.130. The second kappa shape index (κ2) is 7.58. The Balaban J connectivity index is 1.79. The number of aryl methyl sites for hydroxylation is 1. The molecule has 0 aliphatic heterocycles. The maximum absolute atomic E-state index is 13.5. The average Bonchev–Trinajstić information content (AvgIpc) is 3.38. The number of carbonyl (C=O) groups is 1. The summed E-state index contributed by atoms with van der Waals surface area (Å²) in [6, 6.07) is 10.8. The molecule has 0 aliphatic carbocycles. The van der Waals surface area contributed by atoms with Crippen LogP contribution in [0.4, 0.5) is 13.2 Å². The third kappa shape index (κ3) is 3.33. The Morgan fingerprint density at radius 2 is 1.85 bits per heavy atom. The zero-order chi connectivity index (χ0) is 24.2. The third-order valence-electron chi connectivity index (χ3n) is 5.53. The number of methoxy groups -OCH3 is 1. The molecule has 0 aliphatic rings. The summed E-state index contributed by atoms with van der Waals surface area (Å²) in [6.07, 6.45) is -3.02. The summed E-state index contributed by atoms with van der Waals surface area (Å²) in [6.45, 7) is 0. The number of hydrogen-bond acceptors (Lipinski definition) is 5. The van der Waals surface area contributed by atoms with E-state index in [0.717, 1.165) is 12.1 Å². The smallest absolute Gasteiger partial charge is 0.416 e. The van der Waals surface area contributed by atoms with Gasteiger partial charge in [-0.05, 0) is 36.4 Å². The lowest BCUT2D eigenvalue weighted by atomic mass is 10.0. The van der Waals surface area contributed by atoms with Crippen LogP contribution in [0.15, 0.2) is 59.5 Å². The lowest BCUT2D eigenvalue weighted by Crippen LogP contribution is -2.15. The van der Waals surface area contributed by atoms with Crippen molar-refractivity contribution in [1.29, 1.82) is 0 Å². The van der Waals surface area contributed by atoms with Crippen LogP contribution in [0.1, 0.15) is 15.9 Å². The van der Waals surface area contributed by atoms with Crippen LogP contribution >= 0.6 is 0 Å². The van der Waals surface area contributed by atoms with Gasteiger partial charge in [-0.1, -0.05) is 12.1 Å². The molecule has 0 amide bonds. The molecule has 0 saturated heterocycles. The van der Waals surface area contributed by atoms with Gasteiger partial charge in [0.2, 0.25) is 0 Å². The third-order valence-corrected chi connectivity index (χ3v) is 5.53. The number of pyridine rings is 1. The van der Waals surface area contributed by atoms with Crippen LogP contribution < -0.4 is 5.56 Å². The van der Waals surface area contributed by atoms with Gasteiger partial charge < -0.3 is 4.74 Å². The lowest BCUT2D eigenvalue weighted by Gasteiger charge is -2.09. The summed E-state index contributed by atoms with van der Waals surface area (Å²) >= 11 is 0. The number of ether oxygens (including phenoxy) is 1. The highest BCUT2D eigenvalue weighted by molar-refractivity contribution is 6.07. The van der Waals surface area contributed by atoms with Gasteiger partial charge in [-0.15, -0.1) is 0 Å². The van der Waals surface area contributed by atoms with Crippen LogP contribution in [0, 0.1) is 0 Å². The van der Waals surface area contributed by atoms with Crippen LogP contribution in [0.2, 0.25) is 0 Å². The molecule has 172 valence electrons. The number of H-pyrrole nitrogens is 1. The largest absolute Gasteiger partial charge is 0.465 e. The number of fused-ring (bicyclic) bond motifs is 3. The first kappa shape index (κ1) is 21.4. The van der Waals surface area contributed by atoms with E-state index in [9.17, 15) is 22.8 Å². The van der Waals surface area contributed by atoms with Crippen molar-refractivity contribution in [2.45, 2.75) is 6.18 Å². The summed E-state index contributed by atoms with van der Waals surface area (Å²) in [4.78, 5) is 29.7. The number of aromatic nitrogens is 5. The van der Waals surface area contributed by atoms with E-state index in [1.54, 1.807) is 19.2 Å². The van der Waals surface area contributed by atoms with Gasteiger partial charge in [-0.25, -0.2) is 14.5 Å². The minimum absolute atomic E-state index is 0.100. The molecular formula is C23H16F3N5O3. The molecule has 0 radical (unpaired) electrons. The number of carbonyl (C=O) groups excluding carboxylic acids is 1. The molecule has 5 rings (SSSR count). The summed E-state index contributed by atoms with van der Waals surface area (Å²) in [7, 11) is 2.91. The Bertz CT molecular complexity index is 1630. The van der Waals surface area contributed by atoms with E-state index >= 15 is 0 Å². The predicted molar refractivity (Wildman–Crippen MR) is 118 cm³/mol. The van der Waals surface area contributed by atoms with Crippen LogP contribution in [0.3, 0.4) is 0 Å². The molecule has 34 heavy (non-hydrogen) atoms. The maximum atomic E-state index is 13.5. The standard InChI is InChI=1S/C23H16F3N5O3/c1-30-20-16(11-27-30)19-17(18(28-20)13-4-3-5-14(10-13)23(24,25)26)21(32)31(29-19)15-8-6-12(7-9-15)22(33)34-2/h3-11,29H,1-2H3. The molecule has 1 N–H and O–H groups in total. The average molecular weight is 467 g/mol. The van der Waals surface area contributed by atoms with Crippen molar-refractivity contribution in [3.63, 3.8) is 0 Å². The molecule has 0 fully saturated rings. The van der Waals surface area contributed by atoms with Crippen molar-refractivity contribution in [3.05, 3.63) is 76.2 Å². The maximum Gasteiger partial charge on any atom is 0.416 e. The fourth-order valence-corrected chi connectivity index (χ4v) is 3.85. The molecule has 0 spiro atoms. The monoisotopic (exact) mass is 467 g/mol. The molecule has 0 saturated carbocycles. The number of rotatable bonds is 3. The number of benzene rings is 2. The molecular weight excluding hydrogens is 451 g/mol. The summed E-state index contributed by atoms with van der Waals surface area (Å²) < 4.78 is 47.5. The van der Waals surface area contributed by atoms with Crippen LogP contribution in [-0.2, 0) is 18.0 Å². The van der Waals surface area contributed by atoms with Gasteiger partial charge in [0, 0.05) is 12.6 Å². The molecule has 0 atom stereocenters. The molecule has 3 aromatic heterocycles. The topological polar surface area (TPSA) is 94.8 Å². The van der Waals surface area contributed by atoms with E-state index in [-0.39, 0.29) is 16.6 Å². The quantitative estimate of drug-likeness (QED) is 0.404. The molecule has 5 aromatic rings.